The Bertz CT molecular complexity index is 335. The van der Waals surface area contributed by atoms with Gasteiger partial charge in [-0.2, -0.15) is 0 Å². The first-order valence-corrected chi connectivity index (χ1v) is 4.90. The minimum absolute atomic E-state index is 0.0856. The Labute approximate surface area is 103 Å². The Kier molecular flexibility index (Phi) is 9.36. The monoisotopic (exact) mass is 263 g/mol. The number of carbonyl (C=O) groups is 3. The quantitative estimate of drug-likeness (QED) is 0.400. The fourth-order valence-corrected chi connectivity index (χ4v) is 0.686. The van der Waals surface area contributed by atoms with E-state index in [4.69, 9.17) is 26.2 Å². The third-order valence-corrected chi connectivity index (χ3v) is 1.66. The van der Waals surface area contributed by atoms with Crippen LogP contribution in [0, 0.1) is 5.92 Å². The first-order valence-electron chi connectivity index (χ1n) is 4.90. The van der Waals surface area contributed by atoms with Crippen LogP contribution in [0.5, 0.6) is 0 Å². The fourth-order valence-electron chi connectivity index (χ4n) is 0.686. The average molecular weight is 263 g/mol. The topological polar surface area (TPSA) is 158 Å². The van der Waals surface area contributed by atoms with Gasteiger partial charge in [-0.05, 0) is 5.92 Å². The number of hydrogen-bond donors (Lipinski definition) is 5. The standard InChI is InChI=1S/C7H10O4.C3H7NO3/c1-4(2)5(7(10)11)3-6(8)9;4-2(1-5)3(6)7/h3-4H,1-2H3,(H,8,9)(H,10,11);2,5H,1,4H2,(H,6,7)/b5-3-;/t;2-/m.0/s1. The van der Waals surface area contributed by atoms with Gasteiger partial charge in [0, 0.05) is 11.6 Å². The third kappa shape index (κ3) is 9.31. The molecular weight excluding hydrogens is 246 g/mol. The summed E-state index contributed by atoms with van der Waals surface area (Å²) in [5, 5.41) is 32.6. The van der Waals surface area contributed by atoms with E-state index in [1.807, 2.05) is 0 Å². The van der Waals surface area contributed by atoms with Crippen molar-refractivity contribution in [2.45, 2.75) is 19.9 Å². The van der Waals surface area contributed by atoms with Crippen molar-refractivity contribution < 1.29 is 34.8 Å². The highest BCUT2D eigenvalue weighted by atomic mass is 16.4. The van der Waals surface area contributed by atoms with Crippen molar-refractivity contribution in [3.8, 4) is 0 Å². The van der Waals surface area contributed by atoms with E-state index in [0.29, 0.717) is 6.08 Å². The molecule has 0 heterocycles. The number of carboxylic acids is 3. The van der Waals surface area contributed by atoms with Crippen LogP contribution in [0.4, 0.5) is 0 Å². The lowest BCUT2D eigenvalue weighted by Gasteiger charge is -2.02. The minimum Gasteiger partial charge on any atom is -0.480 e. The molecule has 0 rings (SSSR count). The molecule has 8 nitrogen and oxygen atoms in total. The highest BCUT2D eigenvalue weighted by molar-refractivity contribution is 5.94. The predicted octanol–water partition coefficient (Wildman–Crippen LogP) is -0.871. The van der Waals surface area contributed by atoms with Gasteiger partial charge in [0.15, 0.2) is 0 Å². The van der Waals surface area contributed by atoms with E-state index in [1.54, 1.807) is 13.8 Å². The van der Waals surface area contributed by atoms with Gasteiger partial charge in [0.1, 0.15) is 6.04 Å². The zero-order valence-electron chi connectivity index (χ0n) is 10.0. The van der Waals surface area contributed by atoms with Crippen LogP contribution in [0.2, 0.25) is 0 Å². The van der Waals surface area contributed by atoms with Crippen molar-refractivity contribution in [1.82, 2.24) is 0 Å². The van der Waals surface area contributed by atoms with Gasteiger partial charge in [-0.3, -0.25) is 4.79 Å². The molecule has 6 N–H and O–H groups in total. The normalized spacial score (nSPS) is 12.4. The van der Waals surface area contributed by atoms with E-state index >= 15 is 0 Å². The summed E-state index contributed by atoms with van der Waals surface area (Å²) in [4.78, 5) is 30.1. The summed E-state index contributed by atoms with van der Waals surface area (Å²) in [6, 6.07) is -1.13. The summed E-state index contributed by atoms with van der Waals surface area (Å²) in [6.45, 7) is 2.75. The third-order valence-electron chi connectivity index (χ3n) is 1.66. The van der Waals surface area contributed by atoms with E-state index in [2.05, 4.69) is 0 Å². The Morgan fingerprint density at radius 1 is 1.17 bits per heavy atom. The maximum atomic E-state index is 10.3. The molecule has 8 heteroatoms. The van der Waals surface area contributed by atoms with E-state index < -0.39 is 30.6 Å². The lowest BCUT2D eigenvalue weighted by molar-refractivity contribution is -0.139. The summed E-state index contributed by atoms with van der Waals surface area (Å²) >= 11 is 0. The average Bonchev–Trinajstić information content (AvgIpc) is 2.24. The van der Waals surface area contributed by atoms with Crippen LogP contribution in [0.1, 0.15) is 13.8 Å². The number of carboxylic acid groups (broad SMARTS) is 3. The summed E-state index contributed by atoms with van der Waals surface area (Å²) in [5.41, 5.74) is 4.68. The highest BCUT2D eigenvalue weighted by Gasteiger charge is 2.12. The molecule has 104 valence electrons. The van der Waals surface area contributed by atoms with Crippen molar-refractivity contribution in [3.63, 3.8) is 0 Å². The van der Waals surface area contributed by atoms with Crippen LogP contribution >= 0.6 is 0 Å². The molecule has 0 fully saturated rings. The number of aliphatic carboxylic acids is 3. The highest BCUT2D eigenvalue weighted by Crippen LogP contribution is 2.08. The van der Waals surface area contributed by atoms with Gasteiger partial charge in [-0.1, -0.05) is 13.8 Å². The molecule has 0 aliphatic heterocycles. The number of hydrogen-bond acceptors (Lipinski definition) is 5. The molecule has 0 bridgehead atoms. The van der Waals surface area contributed by atoms with Crippen LogP contribution in [0.15, 0.2) is 11.6 Å². The molecule has 0 aromatic heterocycles. The molecule has 0 aliphatic rings. The van der Waals surface area contributed by atoms with E-state index in [0.717, 1.165) is 0 Å². The molecule has 0 aromatic rings. The first kappa shape index (κ1) is 18.4. The van der Waals surface area contributed by atoms with Gasteiger partial charge in [0.2, 0.25) is 0 Å². The van der Waals surface area contributed by atoms with Crippen molar-refractivity contribution in [2.75, 3.05) is 6.61 Å². The van der Waals surface area contributed by atoms with Crippen molar-refractivity contribution in [3.05, 3.63) is 11.6 Å². The van der Waals surface area contributed by atoms with Gasteiger partial charge in [-0.25, -0.2) is 9.59 Å². The molecule has 0 radical (unpaired) electrons. The van der Waals surface area contributed by atoms with Crippen LogP contribution < -0.4 is 5.73 Å². The number of rotatable bonds is 5. The summed E-state index contributed by atoms with van der Waals surface area (Å²) < 4.78 is 0. The summed E-state index contributed by atoms with van der Waals surface area (Å²) in [7, 11) is 0. The van der Waals surface area contributed by atoms with Crippen molar-refractivity contribution in [1.29, 1.82) is 0 Å². The smallest absolute Gasteiger partial charge is 0.332 e. The largest absolute Gasteiger partial charge is 0.480 e. The van der Waals surface area contributed by atoms with Gasteiger partial charge in [0.25, 0.3) is 0 Å². The minimum atomic E-state index is -1.23. The zero-order chi connectivity index (χ0) is 14.9. The van der Waals surface area contributed by atoms with Crippen LogP contribution in [-0.4, -0.2) is 51.0 Å². The van der Waals surface area contributed by atoms with Gasteiger partial charge >= 0.3 is 17.9 Å². The second kappa shape index (κ2) is 9.14. The molecule has 0 aliphatic carbocycles. The van der Waals surface area contributed by atoms with Crippen LogP contribution in [0.25, 0.3) is 0 Å². The molecule has 0 aromatic carbocycles. The Balaban J connectivity index is 0. The Morgan fingerprint density at radius 3 is 1.67 bits per heavy atom. The second-order valence-electron chi connectivity index (χ2n) is 3.53. The maximum absolute atomic E-state index is 10.3. The van der Waals surface area contributed by atoms with Crippen molar-refractivity contribution >= 4 is 17.9 Å². The Morgan fingerprint density at radius 2 is 1.61 bits per heavy atom. The predicted molar refractivity (Wildman–Crippen MR) is 60.9 cm³/mol. The molecule has 0 saturated carbocycles. The SMILES string of the molecule is CC(C)/C(=C/C(=O)O)C(=O)O.N[C@@H](CO)C(=O)O. The second-order valence-corrected chi connectivity index (χ2v) is 3.53. The fraction of sp³-hybridized carbons (Fsp3) is 0.500. The van der Waals surface area contributed by atoms with Crippen molar-refractivity contribution in [2.24, 2.45) is 11.7 Å². The molecule has 0 unspecified atom stereocenters. The summed E-state index contributed by atoms with van der Waals surface area (Å²) in [5.74, 6) is -3.86. The lowest BCUT2D eigenvalue weighted by atomic mass is 10.0. The zero-order valence-corrected chi connectivity index (χ0v) is 10.0. The maximum Gasteiger partial charge on any atom is 0.332 e. The Hall–Kier alpha value is -1.93. The molecular formula is C10H17NO7. The molecule has 0 spiro atoms. The number of nitrogens with two attached hydrogens (primary N) is 1. The van der Waals surface area contributed by atoms with Crippen LogP contribution in [-0.2, 0) is 14.4 Å². The molecule has 18 heavy (non-hydrogen) atoms. The molecule has 0 amide bonds. The van der Waals surface area contributed by atoms with Gasteiger partial charge in [-0.15, -0.1) is 0 Å². The van der Waals surface area contributed by atoms with Crippen LogP contribution in [0.3, 0.4) is 0 Å². The van der Waals surface area contributed by atoms with Gasteiger partial charge < -0.3 is 26.2 Å². The van der Waals surface area contributed by atoms with Gasteiger partial charge in [0.05, 0.1) is 6.61 Å². The van der Waals surface area contributed by atoms with E-state index in [-0.39, 0.29) is 11.5 Å². The number of aliphatic hydroxyl groups is 1. The van der Waals surface area contributed by atoms with E-state index in [1.165, 1.54) is 0 Å². The molecule has 1 atom stereocenters. The molecule has 0 saturated heterocycles. The van der Waals surface area contributed by atoms with E-state index in [9.17, 15) is 14.4 Å². The number of aliphatic hydroxyl groups excluding tert-OH is 1. The first-order chi connectivity index (χ1) is 8.13. The lowest BCUT2D eigenvalue weighted by Crippen LogP contribution is -2.33. The summed E-state index contributed by atoms with van der Waals surface area (Å²) in [6.07, 6.45) is 0.715.